The Hall–Kier alpha value is -2.94. The van der Waals surface area contributed by atoms with E-state index in [1.54, 1.807) is 18.2 Å². The standard InChI is InChI=1S/C24H26F4N2O3/c1-15-5-7-29(8-6-15)9-10-33-21-13-18(3-4-20(21)32-2)30-14-16-11-17(25)12-19(24(26,27)28)22(16)23(30)31/h3-4,11-15,31H,5-10H2,1-2H3. The zero-order valence-electron chi connectivity index (χ0n) is 18.5. The number of alkyl halides is 3. The maximum Gasteiger partial charge on any atom is 0.417 e. The Balaban J connectivity index is 1.62. The quantitative estimate of drug-likeness (QED) is 0.480. The van der Waals surface area contributed by atoms with E-state index in [4.69, 9.17) is 9.47 Å². The van der Waals surface area contributed by atoms with Crippen molar-refractivity contribution in [1.29, 1.82) is 0 Å². The van der Waals surface area contributed by atoms with Crippen molar-refractivity contribution in [3.05, 3.63) is 47.9 Å². The highest BCUT2D eigenvalue weighted by Crippen LogP contribution is 2.42. The summed E-state index contributed by atoms with van der Waals surface area (Å²) in [5, 5.41) is 10.1. The Bertz CT molecular complexity index is 1130. The second-order valence-corrected chi connectivity index (χ2v) is 8.45. The van der Waals surface area contributed by atoms with E-state index in [9.17, 15) is 22.7 Å². The van der Waals surface area contributed by atoms with E-state index in [0.29, 0.717) is 29.9 Å². The third-order valence-electron chi connectivity index (χ3n) is 6.13. The maximum absolute atomic E-state index is 13.8. The van der Waals surface area contributed by atoms with Crippen LogP contribution >= 0.6 is 0 Å². The van der Waals surface area contributed by atoms with E-state index in [1.165, 1.54) is 17.9 Å². The van der Waals surface area contributed by atoms with Gasteiger partial charge in [-0.25, -0.2) is 4.39 Å². The smallest absolute Gasteiger partial charge is 0.417 e. The highest BCUT2D eigenvalue weighted by atomic mass is 19.4. The number of nitrogens with zero attached hydrogens (tertiary/aromatic N) is 2. The van der Waals surface area contributed by atoms with Gasteiger partial charge in [0.2, 0.25) is 5.88 Å². The lowest BCUT2D eigenvalue weighted by Crippen LogP contribution is -2.35. The number of piperidine rings is 1. The summed E-state index contributed by atoms with van der Waals surface area (Å²) < 4.78 is 66.6. The molecule has 0 radical (unpaired) electrons. The van der Waals surface area contributed by atoms with Crippen LogP contribution in [0, 0.1) is 11.7 Å². The molecule has 0 aliphatic carbocycles. The van der Waals surface area contributed by atoms with Gasteiger partial charge in [0, 0.05) is 24.2 Å². The number of aromatic hydroxyl groups is 1. The van der Waals surface area contributed by atoms with Crippen molar-refractivity contribution in [3.8, 4) is 23.1 Å². The van der Waals surface area contributed by atoms with E-state index < -0.39 is 28.8 Å². The number of hydrogen-bond donors (Lipinski definition) is 1. The minimum Gasteiger partial charge on any atom is -0.494 e. The summed E-state index contributed by atoms with van der Waals surface area (Å²) in [6.07, 6.45) is -1.24. The molecule has 0 amide bonds. The number of likely N-dealkylation sites (tertiary alicyclic amines) is 1. The Labute approximate surface area is 189 Å². The van der Waals surface area contributed by atoms with Gasteiger partial charge in [-0.15, -0.1) is 0 Å². The normalized spacial score (nSPS) is 15.8. The molecule has 1 aliphatic heterocycles. The molecule has 4 rings (SSSR count). The van der Waals surface area contributed by atoms with Crippen LogP contribution in [0.3, 0.4) is 0 Å². The van der Waals surface area contributed by atoms with Crippen LogP contribution in [0.5, 0.6) is 17.4 Å². The molecule has 0 atom stereocenters. The summed E-state index contributed by atoms with van der Waals surface area (Å²) in [6.45, 7) is 5.44. The van der Waals surface area contributed by atoms with Crippen LogP contribution in [-0.4, -0.2) is 47.9 Å². The van der Waals surface area contributed by atoms with Crippen molar-refractivity contribution < 1.29 is 32.1 Å². The number of rotatable bonds is 6. The predicted octanol–water partition coefficient (Wildman–Crippen LogP) is 5.61. The molecular weight excluding hydrogens is 440 g/mol. The van der Waals surface area contributed by atoms with E-state index in [0.717, 1.165) is 44.5 Å². The number of aromatic nitrogens is 1. The molecular formula is C24H26F4N2O3. The predicted molar refractivity (Wildman–Crippen MR) is 117 cm³/mol. The van der Waals surface area contributed by atoms with E-state index in [-0.39, 0.29) is 5.39 Å². The molecule has 3 aromatic rings. The van der Waals surface area contributed by atoms with Gasteiger partial charge >= 0.3 is 6.18 Å². The Kier molecular flexibility index (Phi) is 6.43. The Morgan fingerprint density at radius 2 is 1.82 bits per heavy atom. The molecule has 178 valence electrons. The molecule has 1 N–H and O–H groups in total. The van der Waals surface area contributed by atoms with Gasteiger partial charge in [-0.3, -0.25) is 9.47 Å². The van der Waals surface area contributed by atoms with Crippen LogP contribution in [0.2, 0.25) is 0 Å². The number of benzene rings is 2. The fourth-order valence-corrected chi connectivity index (χ4v) is 4.22. The van der Waals surface area contributed by atoms with Gasteiger partial charge in [0.1, 0.15) is 12.4 Å². The van der Waals surface area contributed by atoms with Gasteiger partial charge in [-0.2, -0.15) is 13.2 Å². The van der Waals surface area contributed by atoms with Gasteiger partial charge in [0.05, 0.1) is 23.7 Å². The first kappa shape index (κ1) is 23.2. The molecule has 33 heavy (non-hydrogen) atoms. The first-order valence-corrected chi connectivity index (χ1v) is 10.8. The lowest BCUT2D eigenvalue weighted by Gasteiger charge is -2.30. The van der Waals surface area contributed by atoms with Gasteiger partial charge in [0.15, 0.2) is 11.5 Å². The average molecular weight is 466 g/mol. The molecule has 2 aromatic carbocycles. The molecule has 5 nitrogen and oxygen atoms in total. The van der Waals surface area contributed by atoms with Gasteiger partial charge in [-0.1, -0.05) is 6.92 Å². The summed E-state index contributed by atoms with van der Waals surface area (Å²) in [4.78, 5) is 2.33. The van der Waals surface area contributed by atoms with Gasteiger partial charge in [-0.05, 0) is 56.1 Å². The molecule has 2 heterocycles. The lowest BCUT2D eigenvalue weighted by molar-refractivity contribution is -0.136. The fourth-order valence-electron chi connectivity index (χ4n) is 4.22. The lowest BCUT2D eigenvalue weighted by atomic mass is 9.99. The zero-order chi connectivity index (χ0) is 23.8. The van der Waals surface area contributed by atoms with Gasteiger partial charge in [0.25, 0.3) is 0 Å². The summed E-state index contributed by atoms with van der Waals surface area (Å²) in [6, 6.07) is 6.12. The molecule has 0 spiro atoms. The van der Waals surface area contributed by atoms with Crippen molar-refractivity contribution >= 4 is 10.8 Å². The minimum absolute atomic E-state index is 0.0579. The third kappa shape index (κ3) is 4.88. The van der Waals surface area contributed by atoms with E-state index >= 15 is 0 Å². The summed E-state index contributed by atoms with van der Waals surface area (Å²) in [5.74, 6) is -0.0623. The van der Waals surface area contributed by atoms with E-state index in [1.807, 2.05) is 0 Å². The van der Waals surface area contributed by atoms with Crippen LogP contribution in [-0.2, 0) is 6.18 Å². The SMILES string of the molecule is COc1ccc(-n2cc3cc(F)cc(C(F)(F)F)c3c2O)cc1OCCN1CCC(C)CC1. The highest BCUT2D eigenvalue weighted by Gasteiger charge is 2.35. The van der Waals surface area contributed by atoms with Crippen LogP contribution in [0.1, 0.15) is 25.3 Å². The fraction of sp³-hybridized carbons (Fsp3) is 0.417. The zero-order valence-corrected chi connectivity index (χ0v) is 18.5. The summed E-state index contributed by atoms with van der Waals surface area (Å²) >= 11 is 0. The number of ether oxygens (including phenoxy) is 2. The number of methoxy groups -OCH3 is 1. The Morgan fingerprint density at radius 3 is 2.48 bits per heavy atom. The molecule has 1 saturated heterocycles. The highest BCUT2D eigenvalue weighted by molar-refractivity contribution is 5.92. The second kappa shape index (κ2) is 9.13. The van der Waals surface area contributed by atoms with E-state index in [2.05, 4.69) is 11.8 Å². The third-order valence-corrected chi connectivity index (χ3v) is 6.13. The van der Waals surface area contributed by atoms with Crippen molar-refractivity contribution in [1.82, 2.24) is 9.47 Å². The first-order chi connectivity index (χ1) is 15.7. The molecule has 1 fully saturated rings. The summed E-state index contributed by atoms with van der Waals surface area (Å²) in [7, 11) is 1.49. The second-order valence-electron chi connectivity index (χ2n) is 8.45. The number of fused-ring (bicyclic) bond motifs is 1. The number of hydrogen-bond acceptors (Lipinski definition) is 4. The first-order valence-electron chi connectivity index (χ1n) is 10.8. The van der Waals surface area contributed by atoms with Crippen molar-refractivity contribution in [2.24, 2.45) is 5.92 Å². The summed E-state index contributed by atoms with van der Waals surface area (Å²) in [5.41, 5.74) is -0.866. The monoisotopic (exact) mass is 466 g/mol. The van der Waals surface area contributed by atoms with Crippen molar-refractivity contribution in [3.63, 3.8) is 0 Å². The van der Waals surface area contributed by atoms with Crippen LogP contribution < -0.4 is 9.47 Å². The number of halogens is 4. The molecule has 9 heteroatoms. The van der Waals surface area contributed by atoms with Crippen LogP contribution in [0.25, 0.3) is 16.5 Å². The van der Waals surface area contributed by atoms with Crippen molar-refractivity contribution in [2.45, 2.75) is 25.9 Å². The average Bonchev–Trinajstić information content (AvgIpc) is 3.09. The topological polar surface area (TPSA) is 46.9 Å². The molecule has 0 saturated carbocycles. The van der Waals surface area contributed by atoms with Crippen molar-refractivity contribution in [2.75, 3.05) is 33.4 Å². The molecule has 1 aliphatic rings. The molecule has 0 bridgehead atoms. The Morgan fingerprint density at radius 1 is 1.09 bits per heavy atom. The van der Waals surface area contributed by atoms with Crippen LogP contribution in [0.15, 0.2) is 36.5 Å². The largest absolute Gasteiger partial charge is 0.494 e. The maximum atomic E-state index is 13.8. The minimum atomic E-state index is -4.82. The van der Waals surface area contributed by atoms with Crippen LogP contribution in [0.4, 0.5) is 17.6 Å². The molecule has 0 unspecified atom stereocenters. The van der Waals surface area contributed by atoms with Gasteiger partial charge < -0.3 is 14.6 Å². The molecule has 1 aromatic heterocycles.